The summed E-state index contributed by atoms with van der Waals surface area (Å²) in [6, 6.07) is 14.2. The molecule has 1 aromatic heterocycles. The van der Waals surface area contributed by atoms with Gasteiger partial charge in [0.25, 0.3) is 5.91 Å². The van der Waals surface area contributed by atoms with Gasteiger partial charge in [-0.25, -0.2) is 10.5 Å². The molecule has 0 aliphatic heterocycles. The molecule has 110 valence electrons. The highest BCUT2D eigenvalue weighted by molar-refractivity contribution is 6.06. The lowest BCUT2D eigenvalue weighted by Crippen LogP contribution is -2.14. The molecule has 0 saturated carbocycles. The van der Waals surface area contributed by atoms with E-state index in [0.717, 1.165) is 6.08 Å². The number of hydrogen-bond donors (Lipinski definition) is 2. The fourth-order valence-electron chi connectivity index (χ4n) is 1.71. The van der Waals surface area contributed by atoms with Crippen LogP contribution in [-0.2, 0) is 4.79 Å². The fourth-order valence-corrected chi connectivity index (χ4v) is 1.71. The quantitative estimate of drug-likeness (QED) is 0.384. The third-order valence-electron chi connectivity index (χ3n) is 2.77. The molecule has 0 aliphatic carbocycles. The van der Waals surface area contributed by atoms with Crippen molar-refractivity contribution in [1.82, 2.24) is 10.5 Å². The van der Waals surface area contributed by atoms with Crippen LogP contribution in [0.5, 0.6) is 0 Å². The SMILES string of the molecule is O=C(/C=C/c1cccc(/C=C/C(=O)c2ccccc2)n1)NO. The number of carbonyl (C=O) groups excluding carboxylic acids is 2. The van der Waals surface area contributed by atoms with Gasteiger partial charge in [0.05, 0.1) is 11.4 Å². The molecule has 5 heteroatoms. The van der Waals surface area contributed by atoms with Gasteiger partial charge in [-0.2, -0.15) is 0 Å². The molecule has 0 atom stereocenters. The van der Waals surface area contributed by atoms with E-state index in [1.54, 1.807) is 48.5 Å². The van der Waals surface area contributed by atoms with E-state index in [-0.39, 0.29) is 5.78 Å². The van der Waals surface area contributed by atoms with Crippen molar-refractivity contribution < 1.29 is 14.8 Å². The Bertz CT molecular complexity index is 722. The summed E-state index contributed by atoms with van der Waals surface area (Å²) in [4.78, 5) is 27.1. The van der Waals surface area contributed by atoms with Crippen LogP contribution >= 0.6 is 0 Å². The highest BCUT2D eigenvalue weighted by Gasteiger charge is 2.00. The average Bonchev–Trinajstić information content (AvgIpc) is 2.58. The Morgan fingerprint density at radius 3 is 2.18 bits per heavy atom. The number of pyridine rings is 1. The number of benzene rings is 1. The molecule has 2 N–H and O–H groups in total. The molecule has 1 aromatic carbocycles. The highest BCUT2D eigenvalue weighted by Crippen LogP contribution is 2.06. The van der Waals surface area contributed by atoms with Crippen molar-refractivity contribution in [3.05, 3.63) is 77.6 Å². The summed E-state index contributed by atoms with van der Waals surface area (Å²) in [6.07, 6.45) is 5.68. The minimum absolute atomic E-state index is 0.108. The van der Waals surface area contributed by atoms with Crippen molar-refractivity contribution in [2.45, 2.75) is 0 Å². The van der Waals surface area contributed by atoms with Crippen LogP contribution in [0.15, 0.2) is 60.7 Å². The molecule has 2 aromatic rings. The van der Waals surface area contributed by atoms with E-state index in [0.29, 0.717) is 17.0 Å². The van der Waals surface area contributed by atoms with Crippen LogP contribution in [0.1, 0.15) is 21.7 Å². The maximum atomic E-state index is 11.9. The van der Waals surface area contributed by atoms with Gasteiger partial charge in [0, 0.05) is 11.6 Å². The Labute approximate surface area is 127 Å². The molecule has 0 aliphatic rings. The smallest absolute Gasteiger partial charge is 0.267 e. The minimum atomic E-state index is -0.637. The maximum absolute atomic E-state index is 11.9. The number of aromatic nitrogens is 1. The van der Waals surface area contributed by atoms with Gasteiger partial charge in [0.1, 0.15) is 0 Å². The second-order valence-electron chi connectivity index (χ2n) is 4.36. The number of rotatable bonds is 5. The zero-order valence-corrected chi connectivity index (χ0v) is 11.6. The van der Waals surface area contributed by atoms with Gasteiger partial charge in [0.15, 0.2) is 5.78 Å². The monoisotopic (exact) mass is 294 g/mol. The lowest BCUT2D eigenvalue weighted by Gasteiger charge is -1.97. The number of allylic oxidation sites excluding steroid dienone is 1. The molecule has 0 bridgehead atoms. The number of hydrogen-bond acceptors (Lipinski definition) is 4. The Morgan fingerprint density at radius 2 is 1.55 bits per heavy atom. The zero-order chi connectivity index (χ0) is 15.8. The van der Waals surface area contributed by atoms with Crippen molar-refractivity contribution in [2.24, 2.45) is 0 Å². The number of nitrogens with zero attached hydrogens (tertiary/aromatic N) is 1. The Kier molecular flexibility index (Phi) is 5.34. The molecule has 22 heavy (non-hydrogen) atoms. The summed E-state index contributed by atoms with van der Waals surface area (Å²) in [5.74, 6) is -0.745. The van der Waals surface area contributed by atoms with Crippen LogP contribution in [0.3, 0.4) is 0 Å². The molecular weight excluding hydrogens is 280 g/mol. The van der Waals surface area contributed by atoms with Gasteiger partial charge in [-0.3, -0.25) is 14.8 Å². The van der Waals surface area contributed by atoms with Crippen molar-refractivity contribution in [1.29, 1.82) is 0 Å². The standard InChI is InChI=1S/C17H14N2O3/c20-16(13-5-2-1-3-6-13)11-9-14-7-4-8-15(18-14)10-12-17(21)19-22/h1-12,22H,(H,19,21)/b11-9+,12-10+. The molecule has 0 fully saturated rings. The van der Waals surface area contributed by atoms with Crippen molar-refractivity contribution >= 4 is 23.8 Å². The highest BCUT2D eigenvalue weighted by atomic mass is 16.5. The van der Waals surface area contributed by atoms with Crippen LogP contribution in [0, 0.1) is 0 Å². The van der Waals surface area contributed by atoms with Crippen molar-refractivity contribution in [3.63, 3.8) is 0 Å². The van der Waals surface area contributed by atoms with E-state index in [9.17, 15) is 9.59 Å². The fraction of sp³-hybridized carbons (Fsp3) is 0. The van der Waals surface area contributed by atoms with Gasteiger partial charge in [-0.15, -0.1) is 0 Å². The van der Waals surface area contributed by atoms with Gasteiger partial charge in [-0.1, -0.05) is 36.4 Å². The normalized spacial score (nSPS) is 11.0. The van der Waals surface area contributed by atoms with E-state index < -0.39 is 5.91 Å². The molecule has 1 heterocycles. The van der Waals surface area contributed by atoms with E-state index in [4.69, 9.17) is 5.21 Å². The van der Waals surface area contributed by atoms with E-state index in [2.05, 4.69) is 4.98 Å². The first-order valence-corrected chi connectivity index (χ1v) is 6.56. The molecule has 5 nitrogen and oxygen atoms in total. The molecule has 0 spiro atoms. The van der Waals surface area contributed by atoms with Crippen LogP contribution in [-0.4, -0.2) is 21.9 Å². The second kappa shape index (κ2) is 7.66. The third-order valence-corrected chi connectivity index (χ3v) is 2.77. The van der Waals surface area contributed by atoms with Crippen LogP contribution < -0.4 is 5.48 Å². The van der Waals surface area contributed by atoms with E-state index >= 15 is 0 Å². The predicted octanol–water partition coefficient (Wildman–Crippen LogP) is 2.50. The summed E-state index contributed by atoms with van der Waals surface area (Å²) in [5.41, 5.74) is 3.23. The lowest BCUT2D eigenvalue weighted by atomic mass is 10.1. The summed E-state index contributed by atoms with van der Waals surface area (Å²) in [5, 5.41) is 8.40. The van der Waals surface area contributed by atoms with Gasteiger partial charge >= 0.3 is 0 Å². The van der Waals surface area contributed by atoms with Crippen molar-refractivity contribution in [2.75, 3.05) is 0 Å². The van der Waals surface area contributed by atoms with E-state index in [1.165, 1.54) is 17.6 Å². The number of nitrogens with one attached hydrogen (secondary N) is 1. The molecular formula is C17H14N2O3. The maximum Gasteiger partial charge on any atom is 0.267 e. The number of ketones is 1. The largest absolute Gasteiger partial charge is 0.289 e. The minimum Gasteiger partial charge on any atom is -0.289 e. The van der Waals surface area contributed by atoms with Crippen LogP contribution in [0.4, 0.5) is 0 Å². The molecule has 2 rings (SSSR count). The molecule has 0 saturated heterocycles. The van der Waals surface area contributed by atoms with Gasteiger partial charge in [-0.05, 0) is 30.4 Å². The van der Waals surface area contributed by atoms with Crippen molar-refractivity contribution in [3.8, 4) is 0 Å². The molecule has 0 radical (unpaired) electrons. The zero-order valence-electron chi connectivity index (χ0n) is 11.6. The predicted molar refractivity (Wildman–Crippen MR) is 83.0 cm³/mol. The first-order chi connectivity index (χ1) is 10.7. The molecule has 1 amide bonds. The molecule has 0 unspecified atom stereocenters. The summed E-state index contributed by atoms with van der Waals surface area (Å²) in [6.45, 7) is 0. The number of carbonyl (C=O) groups is 2. The van der Waals surface area contributed by atoms with Crippen LogP contribution in [0.2, 0.25) is 0 Å². The first-order valence-electron chi connectivity index (χ1n) is 6.56. The topological polar surface area (TPSA) is 79.3 Å². The second-order valence-corrected chi connectivity index (χ2v) is 4.36. The Balaban J connectivity index is 2.10. The Hall–Kier alpha value is -3.05. The van der Waals surface area contributed by atoms with Crippen LogP contribution in [0.25, 0.3) is 12.2 Å². The first kappa shape index (κ1) is 15.3. The number of hydroxylamine groups is 1. The number of amides is 1. The Morgan fingerprint density at radius 1 is 0.909 bits per heavy atom. The van der Waals surface area contributed by atoms with Gasteiger partial charge in [0.2, 0.25) is 0 Å². The summed E-state index contributed by atoms with van der Waals surface area (Å²) < 4.78 is 0. The third kappa shape index (κ3) is 4.50. The lowest BCUT2D eigenvalue weighted by molar-refractivity contribution is -0.124. The summed E-state index contributed by atoms with van der Waals surface area (Å²) >= 11 is 0. The summed E-state index contributed by atoms with van der Waals surface area (Å²) in [7, 11) is 0. The van der Waals surface area contributed by atoms with E-state index in [1.807, 2.05) is 6.07 Å². The van der Waals surface area contributed by atoms with Gasteiger partial charge < -0.3 is 0 Å². The average molecular weight is 294 g/mol.